The smallest absolute Gasteiger partial charge is 0.251 e. The highest BCUT2D eigenvalue weighted by atomic mass is 16.5. The third-order valence-electron chi connectivity index (χ3n) is 5.37. The van der Waals surface area contributed by atoms with Gasteiger partial charge in [-0.15, -0.1) is 0 Å². The van der Waals surface area contributed by atoms with Crippen LogP contribution in [-0.2, 0) is 11.3 Å². The van der Waals surface area contributed by atoms with Crippen molar-refractivity contribution in [3.63, 3.8) is 0 Å². The molecule has 1 aliphatic rings. The molecule has 2 aromatic carbocycles. The van der Waals surface area contributed by atoms with Crippen LogP contribution in [-0.4, -0.2) is 75.5 Å². The number of likely N-dealkylation sites (N-methyl/N-ethyl adjacent to an activating group) is 1. The summed E-state index contributed by atoms with van der Waals surface area (Å²) in [6, 6.07) is 15.5. The number of carbonyl (C=O) groups is 2. The minimum atomic E-state index is -0.0983. The monoisotopic (exact) mass is 410 g/mol. The molecule has 1 heterocycles. The van der Waals surface area contributed by atoms with Crippen LogP contribution in [0, 0.1) is 0 Å². The first kappa shape index (κ1) is 21.6. The lowest BCUT2D eigenvalue weighted by molar-refractivity contribution is -0.132. The average molecular weight is 411 g/mol. The van der Waals surface area contributed by atoms with Gasteiger partial charge < -0.3 is 19.9 Å². The maximum atomic E-state index is 12.7. The largest absolute Gasteiger partial charge is 0.497 e. The zero-order valence-corrected chi connectivity index (χ0v) is 17.9. The van der Waals surface area contributed by atoms with E-state index in [9.17, 15) is 9.59 Å². The third kappa shape index (κ3) is 5.51. The fourth-order valence-electron chi connectivity index (χ4n) is 3.61. The zero-order valence-electron chi connectivity index (χ0n) is 17.9. The molecule has 0 atom stereocenters. The van der Waals surface area contributed by atoms with Crippen LogP contribution < -0.4 is 15.0 Å². The van der Waals surface area contributed by atoms with Crippen molar-refractivity contribution in [2.24, 2.45) is 0 Å². The van der Waals surface area contributed by atoms with Crippen molar-refractivity contribution in [3.8, 4) is 5.75 Å². The van der Waals surface area contributed by atoms with E-state index in [4.69, 9.17) is 4.74 Å². The second kappa shape index (κ2) is 10.1. The molecule has 1 N–H and O–H groups in total. The van der Waals surface area contributed by atoms with Gasteiger partial charge in [-0.1, -0.05) is 12.1 Å². The number of ether oxygens (including phenoxy) is 1. The van der Waals surface area contributed by atoms with Crippen LogP contribution in [0.3, 0.4) is 0 Å². The molecule has 0 bridgehead atoms. The van der Waals surface area contributed by atoms with E-state index in [1.165, 1.54) is 0 Å². The molecule has 0 saturated carbocycles. The second-order valence-corrected chi connectivity index (χ2v) is 7.51. The quantitative estimate of drug-likeness (QED) is 0.755. The van der Waals surface area contributed by atoms with Gasteiger partial charge in [0.1, 0.15) is 5.75 Å². The third-order valence-corrected chi connectivity index (χ3v) is 5.37. The van der Waals surface area contributed by atoms with Gasteiger partial charge in [-0.25, -0.2) is 0 Å². The molecule has 7 nitrogen and oxygen atoms in total. The summed E-state index contributed by atoms with van der Waals surface area (Å²) in [4.78, 5) is 30.6. The fraction of sp³-hybridized carbons (Fsp3) is 0.391. The molecular formula is C23H30N4O3. The van der Waals surface area contributed by atoms with Crippen LogP contribution in [0.15, 0.2) is 48.5 Å². The normalized spacial score (nSPS) is 14.0. The lowest BCUT2D eigenvalue weighted by atomic mass is 10.1. The Kier molecular flexibility index (Phi) is 7.30. The predicted octanol–water partition coefficient (Wildman–Crippen LogP) is 1.84. The van der Waals surface area contributed by atoms with Gasteiger partial charge in [-0.2, -0.15) is 0 Å². The Morgan fingerprint density at radius 2 is 1.63 bits per heavy atom. The van der Waals surface area contributed by atoms with E-state index < -0.39 is 0 Å². The van der Waals surface area contributed by atoms with E-state index in [1.54, 1.807) is 14.2 Å². The number of hydrogen-bond donors (Lipinski definition) is 1. The molecule has 2 amide bonds. The molecule has 0 unspecified atom stereocenters. The summed E-state index contributed by atoms with van der Waals surface area (Å²) in [7, 11) is 5.22. The maximum absolute atomic E-state index is 12.7. The summed E-state index contributed by atoms with van der Waals surface area (Å²) < 4.78 is 5.21. The summed E-state index contributed by atoms with van der Waals surface area (Å²) in [6.07, 6.45) is 0. The number of carbonyl (C=O) groups excluding carboxylic acids is 2. The molecule has 1 fully saturated rings. The number of amides is 2. The highest BCUT2D eigenvalue weighted by Gasteiger charge is 2.22. The summed E-state index contributed by atoms with van der Waals surface area (Å²) >= 11 is 0. The minimum absolute atomic E-state index is 0.0983. The Morgan fingerprint density at radius 1 is 1.00 bits per heavy atom. The van der Waals surface area contributed by atoms with Gasteiger partial charge in [0.15, 0.2) is 0 Å². The van der Waals surface area contributed by atoms with Crippen molar-refractivity contribution in [2.75, 3.05) is 58.8 Å². The second-order valence-electron chi connectivity index (χ2n) is 7.51. The summed E-state index contributed by atoms with van der Waals surface area (Å²) in [6.45, 7) is 4.12. The molecule has 0 aliphatic carbocycles. The van der Waals surface area contributed by atoms with Gasteiger partial charge in [0.2, 0.25) is 5.91 Å². The van der Waals surface area contributed by atoms with E-state index in [-0.39, 0.29) is 11.8 Å². The Bertz CT molecular complexity index is 844. The number of benzene rings is 2. The number of nitrogens with one attached hydrogen (secondary N) is 1. The summed E-state index contributed by atoms with van der Waals surface area (Å²) in [5.41, 5.74) is 2.86. The highest BCUT2D eigenvalue weighted by molar-refractivity contribution is 5.93. The molecule has 1 aliphatic heterocycles. The number of methoxy groups -OCH3 is 1. The van der Waals surface area contributed by atoms with Crippen LogP contribution >= 0.6 is 0 Å². The maximum Gasteiger partial charge on any atom is 0.251 e. The standard InChI is InChI=1S/C23H30N4O3/c1-24-23(29)19-6-4-18(5-7-19)16-25(2)17-22(28)27-14-12-26(13-15-27)20-8-10-21(30-3)11-9-20/h4-11H,12-17H2,1-3H3,(H,24,29). The number of anilines is 1. The lowest BCUT2D eigenvalue weighted by Crippen LogP contribution is -2.51. The first-order valence-corrected chi connectivity index (χ1v) is 10.2. The number of nitrogens with zero attached hydrogens (tertiary/aromatic N) is 3. The number of rotatable bonds is 7. The van der Waals surface area contributed by atoms with Crippen LogP contribution in [0.5, 0.6) is 5.75 Å². The SMILES string of the molecule is CNC(=O)c1ccc(CN(C)CC(=O)N2CCN(c3ccc(OC)cc3)CC2)cc1. The summed E-state index contributed by atoms with van der Waals surface area (Å²) in [5, 5.41) is 2.61. The van der Waals surface area contributed by atoms with Gasteiger partial charge in [0.25, 0.3) is 5.91 Å². The highest BCUT2D eigenvalue weighted by Crippen LogP contribution is 2.20. The van der Waals surface area contributed by atoms with Gasteiger partial charge in [-0.05, 0) is 49.0 Å². The molecule has 160 valence electrons. The molecule has 2 aromatic rings. The zero-order chi connectivity index (χ0) is 21.5. The molecule has 1 saturated heterocycles. The van der Waals surface area contributed by atoms with Crippen molar-refractivity contribution in [3.05, 3.63) is 59.7 Å². The molecule has 0 radical (unpaired) electrons. The van der Waals surface area contributed by atoms with Crippen LogP contribution in [0.2, 0.25) is 0 Å². The van der Waals surface area contributed by atoms with E-state index >= 15 is 0 Å². The fourth-order valence-corrected chi connectivity index (χ4v) is 3.61. The molecule has 0 aromatic heterocycles. The molecular weight excluding hydrogens is 380 g/mol. The Labute approximate surface area is 178 Å². The van der Waals surface area contributed by atoms with Crippen LogP contribution in [0.1, 0.15) is 15.9 Å². The Hall–Kier alpha value is -3.06. The van der Waals surface area contributed by atoms with E-state index in [2.05, 4.69) is 22.3 Å². The van der Waals surface area contributed by atoms with Crippen molar-refractivity contribution in [1.29, 1.82) is 0 Å². The predicted molar refractivity (Wildman–Crippen MR) is 118 cm³/mol. The van der Waals surface area contributed by atoms with Crippen LogP contribution in [0.25, 0.3) is 0 Å². The van der Waals surface area contributed by atoms with Crippen molar-refractivity contribution in [1.82, 2.24) is 15.1 Å². The molecule has 3 rings (SSSR count). The van der Waals surface area contributed by atoms with Gasteiger partial charge in [0.05, 0.1) is 13.7 Å². The first-order chi connectivity index (χ1) is 14.5. The van der Waals surface area contributed by atoms with Gasteiger partial charge in [0, 0.05) is 51.0 Å². The van der Waals surface area contributed by atoms with Crippen LogP contribution in [0.4, 0.5) is 5.69 Å². The molecule has 30 heavy (non-hydrogen) atoms. The van der Waals surface area contributed by atoms with E-state index in [1.807, 2.05) is 53.2 Å². The van der Waals surface area contributed by atoms with Gasteiger partial charge in [-0.3, -0.25) is 14.5 Å². The van der Waals surface area contributed by atoms with Gasteiger partial charge >= 0.3 is 0 Å². The number of hydrogen-bond acceptors (Lipinski definition) is 5. The van der Waals surface area contributed by atoms with Crippen molar-refractivity contribution < 1.29 is 14.3 Å². The summed E-state index contributed by atoms with van der Waals surface area (Å²) in [5.74, 6) is 0.895. The van der Waals surface area contributed by atoms with E-state index in [0.717, 1.165) is 43.2 Å². The van der Waals surface area contributed by atoms with E-state index in [0.29, 0.717) is 18.7 Å². The van der Waals surface area contributed by atoms with Crippen molar-refractivity contribution in [2.45, 2.75) is 6.54 Å². The van der Waals surface area contributed by atoms with Crippen molar-refractivity contribution >= 4 is 17.5 Å². The number of piperazine rings is 1. The first-order valence-electron chi connectivity index (χ1n) is 10.2. The topological polar surface area (TPSA) is 65.1 Å². The average Bonchev–Trinajstić information content (AvgIpc) is 2.79. The Balaban J connectivity index is 1.46. The molecule has 0 spiro atoms. The Morgan fingerprint density at radius 3 is 2.20 bits per heavy atom. The molecule has 7 heteroatoms. The lowest BCUT2D eigenvalue weighted by Gasteiger charge is -2.36. The minimum Gasteiger partial charge on any atom is -0.497 e.